The topological polar surface area (TPSA) is 55.4 Å². The van der Waals surface area contributed by atoms with Crippen molar-refractivity contribution in [3.05, 3.63) is 76.9 Å². The predicted octanol–water partition coefficient (Wildman–Crippen LogP) is 5.46. The van der Waals surface area contributed by atoms with Crippen molar-refractivity contribution >= 4 is 28.2 Å². The summed E-state index contributed by atoms with van der Waals surface area (Å²) in [6.45, 7) is 6.01. The zero-order valence-electron chi connectivity index (χ0n) is 15.5. The molecule has 0 aliphatic rings. The summed E-state index contributed by atoms with van der Waals surface area (Å²) in [5.74, 6) is -0.684. The number of aryl methyl sites for hydroxylation is 2. The highest BCUT2D eigenvalue weighted by molar-refractivity contribution is 7.20. The molecule has 1 amide bonds. The van der Waals surface area contributed by atoms with Crippen LogP contribution in [0.25, 0.3) is 10.4 Å². The molecular formula is C22H21NO3S. The molecule has 3 aromatic rings. The summed E-state index contributed by atoms with van der Waals surface area (Å²) in [5.41, 5.74) is 4.09. The Labute approximate surface area is 162 Å². The molecule has 138 valence electrons. The van der Waals surface area contributed by atoms with Gasteiger partial charge in [0.15, 0.2) is 0 Å². The summed E-state index contributed by atoms with van der Waals surface area (Å²) < 4.78 is 5.16. The Morgan fingerprint density at radius 1 is 1.00 bits per heavy atom. The minimum Gasteiger partial charge on any atom is -0.462 e. The van der Waals surface area contributed by atoms with Gasteiger partial charge in [0.2, 0.25) is 0 Å². The first-order valence-electron chi connectivity index (χ1n) is 8.74. The zero-order chi connectivity index (χ0) is 19.4. The average Bonchev–Trinajstić information content (AvgIpc) is 3.09. The maximum absolute atomic E-state index is 12.7. The first kappa shape index (κ1) is 18.9. The van der Waals surface area contributed by atoms with Crippen molar-refractivity contribution in [3.63, 3.8) is 0 Å². The predicted molar refractivity (Wildman–Crippen MR) is 110 cm³/mol. The molecule has 0 fully saturated rings. The number of hydrogen-bond acceptors (Lipinski definition) is 4. The van der Waals surface area contributed by atoms with E-state index in [2.05, 4.69) is 5.32 Å². The molecule has 0 unspecified atom stereocenters. The van der Waals surface area contributed by atoms with Crippen molar-refractivity contribution in [2.75, 3.05) is 11.9 Å². The SMILES string of the molecule is CCOC(=O)c1cc(-c2ccccc2)sc1NC(=O)c1ccc(C)c(C)c1. The third kappa shape index (κ3) is 4.26. The summed E-state index contributed by atoms with van der Waals surface area (Å²) in [7, 11) is 0. The molecule has 2 aromatic carbocycles. The fraction of sp³-hybridized carbons (Fsp3) is 0.182. The Hall–Kier alpha value is -2.92. The maximum Gasteiger partial charge on any atom is 0.341 e. The van der Waals surface area contributed by atoms with Gasteiger partial charge in [-0.1, -0.05) is 36.4 Å². The van der Waals surface area contributed by atoms with E-state index < -0.39 is 5.97 Å². The van der Waals surface area contributed by atoms with Gasteiger partial charge < -0.3 is 10.1 Å². The van der Waals surface area contributed by atoms with Crippen molar-refractivity contribution in [2.24, 2.45) is 0 Å². The number of benzene rings is 2. The van der Waals surface area contributed by atoms with Crippen LogP contribution in [0.2, 0.25) is 0 Å². The molecule has 0 spiro atoms. The fourth-order valence-corrected chi connectivity index (χ4v) is 3.69. The molecule has 27 heavy (non-hydrogen) atoms. The third-order valence-corrected chi connectivity index (χ3v) is 5.38. The minimum atomic E-state index is -0.439. The summed E-state index contributed by atoms with van der Waals surface area (Å²) in [6, 6.07) is 17.1. The molecule has 5 heteroatoms. The van der Waals surface area contributed by atoms with E-state index in [1.54, 1.807) is 19.1 Å². The smallest absolute Gasteiger partial charge is 0.341 e. The van der Waals surface area contributed by atoms with Gasteiger partial charge in [0.05, 0.1) is 12.2 Å². The largest absolute Gasteiger partial charge is 0.462 e. The van der Waals surface area contributed by atoms with Crippen LogP contribution in [0.15, 0.2) is 54.6 Å². The van der Waals surface area contributed by atoms with E-state index in [0.29, 0.717) is 16.1 Å². The fourth-order valence-electron chi connectivity index (χ4n) is 2.65. The van der Waals surface area contributed by atoms with Gasteiger partial charge in [0.1, 0.15) is 5.00 Å². The molecule has 4 nitrogen and oxygen atoms in total. The lowest BCUT2D eigenvalue weighted by Crippen LogP contribution is -2.14. The Bertz CT molecular complexity index is 976. The summed E-state index contributed by atoms with van der Waals surface area (Å²) in [4.78, 5) is 26.0. The molecule has 1 aromatic heterocycles. The van der Waals surface area contributed by atoms with E-state index >= 15 is 0 Å². The molecule has 0 atom stereocenters. The Balaban J connectivity index is 1.95. The monoisotopic (exact) mass is 379 g/mol. The highest BCUT2D eigenvalue weighted by Crippen LogP contribution is 2.36. The van der Waals surface area contributed by atoms with E-state index in [-0.39, 0.29) is 12.5 Å². The second-order valence-corrected chi connectivity index (χ2v) is 7.25. The molecule has 1 heterocycles. The van der Waals surface area contributed by atoms with Crippen LogP contribution in [0.5, 0.6) is 0 Å². The van der Waals surface area contributed by atoms with Gasteiger partial charge in [-0.05, 0) is 55.7 Å². The van der Waals surface area contributed by atoms with Crippen LogP contribution >= 0.6 is 11.3 Å². The number of amides is 1. The van der Waals surface area contributed by atoms with Crippen LogP contribution in [0.3, 0.4) is 0 Å². The highest BCUT2D eigenvalue weighted by Gasteiger charge is 2.20. The van der Waals surface area contributed by atoms with Gasteiger partial charge in [-0.2, -0.15) is 0 Å². The maximum atomic E-state index is 12.7. The van der Waals surface area contributed by atoms with Gasteiger partial charge in [0, 0.05) is 10.4 Å². The van der Waals surface area contributed by atoms with Crippen LogP contribution in [0.4, 0.5) is 5.00 Å². The Morgan fingerprint density at radius 2 is 1.74 bits per heavy atom. The Kier molecular flexibility index (Phi) is 5.72. The number of carbonyl (C=O) groups excluding carboxylic acids is 2. The van der Waals surface area contributed by atoms with Crippen molar-refractivity contribution in [2.45, 2.75) is 20.8 Å². The lowest BCUT2D eigenvalue weighted by Gasteiger charge is -2.07. The van der Waals surface area contributed by atoms with Crippen molar-refractivity contribution in [1.82, 2.24) is 0 Å². The van der Waals surface area contributed by atoms with Crippen LogP contribution < -0.4 is 5.32 Å². The number of nitrogens with one attached hydrogen (secondary N) is 1. The minimum absolute atomic E-state index is 0.245. The quantitative estimate of drug-likeness (QED) is 0.599. The van der Waals surface area contributed by atoms with E-state index in [1.807, 2.05) is 56.3 Å². The molecule has 3 rings (SSSR count). The number of anilines is 1. The van der Waals surface area contributed by atoms with E-state index in [9.17, 15) is 9.59 Å². The molecule has 1 N–H and O–H groups in total. The molecule has 0 aliphatic carbocycles. The van der Waals surface area contributed by atoms with Gasteiger partial charge in [-0.3, -0.25) is 4.79 Å². The number of hydrogen-bond donors (Lipinski definition) is 1. The molecule has 0 radical (unpaired) electrons. The number of ether oxygens (including phenoxy) is 1. The Morgan fingerprint density at radius 3 is 2.41 bits per heavy atom. The number of thiophene rings is 1. The van der Waals surface area contributed by atoms with Crippen molar-refractivity contribution in [1.29, 1.82) is 0 Å². The normalized spacial score (nSPS) is 10.5. The molecular weight excluding hydrogens is 358 g/mol. The second kappa shape index (κ2) is 8.18. The lowest BCUT2D eigenvalue weighted by atomic mass is 10.1. The van der Waals surface area contributed by atoms with Crippen molar-refractivity contribution < 1.29 is 14.3 Å². The van der Waals surface area contributed by atoms with Gasteiger partial charge in [-0.15, -0.1) is 11.3 Å². The van der Waals surface area contributed by atoms with Gasteiger partial charge in [-0.25, -0.2) is 4.79 Å². The first-order valence-corrected chi connectivity index (χ1v) is 9.56. The van der Waals surface area contributed by atoms with Gasteiger partial charge >= 0.3 is 5.97 Å². The number of esters is 1. The van der Waals surface area contributed by atoms with Crippen LogP contribution in [-0.2, 0) is 4.74 Å². The summed E-state index contributed by atoms with van der Waals surface area (Å²) in [5, 5.41) is 3.38. The molecule has 0 saturated carbocycles. The highest BCUT2D eigenvalue weighted by atomic mass is 32.1. The summed E-state index contributed by atoms with van der Waals surface area (Å²) in [6.07, 6.45) is 0. The second-order valence-electron chi connectivity index (χ2n) is 6.19. The van der Waals surface area contributed by atoms with Gasteiger partial charge in [0.25, 0.3) is 5.91 Å². The van der Waals surface area contributed by atoms with Crippen LogP contribution in [0.1, 0.15) is 38.8 Å². The van der Waals surface area contributed by atoms with E-state index in [0.717, 1.165) is 21.6 Å². The molecule has 0 aliphatic heterocycles. The summed E-state index contributed by atoms with van der Waals surface area (Å²) >= 11 is 1.36. The van der Waals surface area contributed by atoms with Crippen molar-refractivity contribution in [3.8, 4) is 10.4 Å². The van der Waals surface area contributed by atoms with Crippen LogP contribution in [0, 0.1) is 13.8 Å². The van der Waals surface area contributed by atoms with E-state index in [4.69, 9.17) is 4.74 Å². The molecule has 0 saturated heterocycles. The number of carbonyl (C=O) groups is 2. The van der Waals surface area contributed by atoms with E-state index in [1.165, 1.54) is 11.3 Å². The zero-order valence-corrected chi connectivity index (χ0v) is 16.4. The number of rotatable bonds is 5. The first-order chi connectivity index (χ1) is 13.0. The lowest BCUT2D eigenvalue weighted by molar-refractivity contribution is 0.0528. The third-order valence-electron chi connectivity index (χ3n) is 4.28. The standard InChI is InChI=1S/C22H21NO3S/c1-4-26-22(25)18-13-19(16-8-6-5-7-9-16)27-21(18)23-20(24)17-11-10-14(2)15(3)12-17/h5-13H,4H2,1-3H3,(H,23,24). The molecule has 0 bridgehead atoms. The average molecular weight is 379 g/mol. The van der Waals surface area contributed by atoms with Crippen LogP contribution in [-0.4, -0.2) is 18.5 Å².